The number of aryl methyl sites for hydroxylation is 1. The zero-order valence-electron chi connectivity index (χ0n) is 15.7. The number of benzene rings is 2. The lowest BCUT2D eigenvalue weighted by Crippen LogP contribution is -2.36. The van der Waals surface area contributed by atoms with E-state index < -0.39 is 0 Å². The standard InChI is InChI=1S/C24H24N2O/c1-17-9-11-18(12-10-17)23(27)26-22-20-8-4-3-7-19(20)15-24(21(22)16-25)13-5-2-6-14-24/h3-4,7-12H,2,5-6,13-15H2,1H3,(H,26,27). The Balaban J connectivity index is 1.79. The molecule has 2 aromatic carbocycles. The van der Waals surface area contributed by atoms with Crippen molar-refractivity contribution in [3.8, 4) is 6.07 Å². The first kappa shape index (κ1) is 17.5. The Hall–Kier alpha value is -2.86. The summed E-state index contributed by atoms with van der Waals surface area (Å²) in [6, 6.07) is 18.2. The monoisotopic (exact) mass is 356 g/mol. The van der Waals surface area contributed by atoms with Crippen molar-refractivity contribution in [2.45, 2.75) is 45.4 Å². The van der Waals surface area contributed by atoms with Crippen LogP contribution in [0.1, 0.15) is 59.2 Å². The molecule has 3 nitrogen and oxygen atoms in total. The molecule has 0 heterocycles. The number of hydrogen-bond donors (Lipinski definition) is 1. The van der Waals surface area contributed by atoms with Crippen LogP contribution >= 0.6 is 0 Å². The van der Waals surface area contributed by atoms with Gasteiger partial charge in [-0.25, -0.2) is 0 Å². The molecule has 136 valence electrons. The molecule has 0 unspecified atom stereocenters. The lowest BCUT2D eigenvalue weighted by atomic mass is 9.62. The highest BCUT2D eigenvalue weighted by atomic mass is 16.1. The van der Waals surface area contributed by atoms with E-state index in [0.717, 1.165) is 48.8 Å². The van der Waals surface area contributed by atoms with Gasteiger partial charge in [-0.3, -0.25) is 4.79 Å². The lowest BCUT2D eigenvalue weighted by molar-refractivity contribution is 0.0972. The summed E-state index contributed by atoms with van der Waals surface area (Å²) in [5, 5.41) is 13.2. The Morgan fingerprint density at radius 1 is 1.04 bits per heavy atom. The van der Waals surface area contributed by atoms with Crippen LogP contribution in [0.4, 0.5) is 0 Å². The maximum absolute atomic E-state index is 12.9. The Bertz CT molecular complexity index is 941. The highest BCUT2D eigenvalue weighted by Gasteiger charge is 2.42. The van der Waals surface area contributed by atoms with Crippen LogP contribution in [-0.4, -0.2) is 5.91 Å². The maximum atomic E-state index is 12.9. The minimum absolute atomic E-state index is 0.128. The van der Waals surface area contributed by atoms with Gasteiger partial charge in [-0.2, -0.15) is 5.26 Å². The van der Waals surface area contributed by atoms with E-state index in [1.807, 2.05) is 49.4 Å². The third-order valence-corrected chi connectivity index (χ3v) is 6.07. The number of rotatable bonds is 2. The van der Waals surface area contributed by atoms with E-state index >= 15 is 0 Å². The Morgan fingerprint density at radius 3 is 2.44 bits per heavy atom. The Labute approximate surface area is 160 Å². The number of fused-ring (bicyclic) bond motifs is 1. The van der Waals surface area contributed by atoms with Crippen molar-refractivity contribution in [2.75, 3.05) is 0 Å². The predicted octanol–water partition coefficient (Wildman–Crippen LogP) is 5.17. The number of carbonyl (C=O) groups is 1. The molecule has 0 aliphatic heterocycles. The molecule has 1 N–H and O–H groups in total. The van der Waals surface area contributed by atoms with E-state index in [2.05, 4.69) is 17.5 Å². The molecule has 27 heavy (non-hydrogen) atoms. The summed E-state index contributed by atoms with van der Waals surface area (Å²) in [6.45, 7) is 2.00. The second kappa shape index (κ2) is 7.04. The molecule has 4 rings (SSSR count). The fraction of sp³-hybridized carbons (Fsp3) is 0.333. The van der Waals surface area contributed by atoms with Crippen LogP contribution in [0.3, 0.4) is 0 Å². The van der Waals surface area contributed by atoms with E-state index in [1.165, 1.54) is 12.0 Å². The molecule has 0 bridgehead atoms. The smallest absolute Gasteiger partial charge is 0.255 e. The molecule has 2 aliphatic carbocycles. The average molecular weight is 356 g/mol. The van der Waals surface area contributed by atoms with E-state index in [9.17, 15) is 10.1 Å². The van der Waals surface area contributed by atoms with Crippen molar-refractivity contribution in [1.29, 1.82) is 5.26 Å². The number of amides is 1. The quantitative estimate of drug-likeness (QED) is 0.807. The fourth-order valence-electron chi connectivity index (χ4n) is 4.62. The van der Waals surface area contributed by atoms with Crippen molar-refractivity contribution < 1.29 is 4.79 Å². The first-order valence-electron chi connectivity index (χ1n) is 9.74. The molecule has 0 aromatic heterocycles. The van der Waals surface area contributed by atoms with Crippen LogP contribution in [0.15, 0.2) is 54.1 Å². The number of carbonyl (C=O) groups excluding carboxylic acids is 1. The highest BCUT2D eigenvalue weighted by Crippen LogP contribution is 2.50. The van der Waals surface area contributed by atoms with Crippen molar-refractivity contribution in [1.82, 2.24) is 5.32 Å². The van der Waals surface area contributed by atoms with E-state index in [1.54, 1.807) is 0 Å². The molecule has 2 aliphatic rings. The zero-order valence-corrected chi connectivity index (χ0v) is 15.7. The van der Waals surface area contributed by atoms with Crippen molar-refractivity contribution >= 4 is 11.6 Å². The largest absolute Gasteiger partial charge is 0.321 e. The van der Waals surface area contributed by atoms with Gasteiger partial charge in [-0.05, 0) is 43.9 Å². The van der Waals surface area contributed by atoms with Gasteiger partial charge in [0.05, 0.1) is 17.3 Å². The molecule has 1 amide bonds. The zero-order chi connectivity index (χ0) is 18.9. The van der Waals surface area contributed by atoms with E-state index in [4.69, 9.17) is 0 Å². The summed E-state index contributed by atoms with van der Waals surface area (Å²) in [6.07, 6.45) is 6.46. The SMILES string of the molecule is Cc1ccc(C(=O)NC2=C(C#N)C3(CCCCC3)Cc3ccccc32)cc1. The Morgan fingerprint density at radius 2 is 1.74 bits per heavy atom. The summed E-state index contributed by atoms with van der Waals surface area (Å²) in [7, 11) is 0. The van der Waals surface area contributed by atoms with Gasteiger partial charge in [0.15, 0.2) is 0 Å². The molecular formula is C24H24N2O. The first-order valence-corrected chi connectivity index (χ1v) is 9.74. The van der Waals surface area contributed by atoms with Gasteiger partial charge in [0.2, 0.25) is 0 Å². The molecule has 0 radical (unpaired) electrons. The van der Waals surface area contributed by atoms with Gasteiger partial charge in [0.25, 0.3) is 5.91 Å². The topological polar surface area (TPSA) is 52.9 Å². The third-order valence-electron chi connectivity index (χ3n) is 6.07. The van der Waals surface area contributed by atoms with Crippen LogP contribution in [0.2, 0.25) is 0 Å². The van der Waals surface area contributed by atoms with Crippen molar-refractivity contribution in [2.24, 2.45) is 5.41 Å². The fourth-order valence-corrected chi connectivity index (χ4v) is 4.62. The van der Waals surface area contributed by atoms with E-state index in [0.29, 0.717) is 11.3 Å². The number of nitrogens with zero attached hydrogens (tertiary/aromatic N) is 1. The molecule has 2 aromatic rings. The number of nitriles is 1. The third kappa shape index (κ3) is 3.17. The minimum atomic E-state index is -0.152. The van der Waals surface area contributed by atoms with Gasteiger partial charge in [-0.15, -0.1) is 0 Å². The van der Waals surface area contributed by atoms with E-state index in [-0.39, 0.29) is 11.3 Å². The van der Waals surface area contributed by atoms with Gasteiger partial charge in [0.1, 0.15) is 0 Å². The van der Waals surface area contributed by atoms with Crippen LogP contribution in [0, 0.1) is 23.7 Å². The van der Waals surface area contributed by atoms with Gasteiger partial charge in [-0.1, -0.05) is 61.2 Å². The van der Waals surface area contributed by atoms with Gasteiger partial charge >= 0.3 is 0 Å². The first-order chi connectivity index (χ1) is 13.1. The highest BCUT2D eigenvalue weighted by molar-refractivity contribution is 6.01. The molecular weight excluding hydrogens is 332 g/mol. The van der Waals surface area contributed by atoms with Crippen LogP contribution in [0.25, 0.3) is 5.70 Å². The summed E-state index contributed by atoms with van der Waals surface area (Å²) >= 11 is 0. The summed E-state index contributed by atoms with van der Waals surface area (Å²) < 4.78 is 0. The van der Waals surface area contributed by atoms with Crippen LogP contribution in [0.5, 0.6) is 0 Å². The Kier molecular flexibility index (Phi) is 4.58. The predicted molar refractivity (Wildman–Crippen MR) is 107 cm³/mol. The number of nitrogens with one attached hydrogen (secondary N) is 1. The molecule has 3 heteroatoms. The second-order valence-electron chi connectivity index (χ2n) is 7.86. The maximum Gasteiger partial charge on any atom is 0.255 e. The van der Waals surface area contributed by atoms with Crippen molar-refractivity contribution in [3.63, 3.8) is 0 Å². The van der Waals surface area contributed by atoms with Gasteiger partial charge in [0, 0.05) is 16.5 Å². The number of hydrogen-bond acceptors (Lipinski definition) is 2. The lowest BCUT2D eigenvalue weighted by Gasteiger charge is -2.41. The molecule has 0 atom stereocenters. The average Bonchev–Trinajstić information content (AvgIpc) is 2.69. The molecule has 1 saturated carbocycles. The second-order valence-corrected chi connectivity index (χ2v) is 7.86. The molecule has 0 saturated heterocycles. The van der Waals surface area contributed by atoms with Crippen LogP contribution in [-0.2, 0) is 6.42 Å². The number of allylic oxidation sites excluding steroid dienone is 1. The van der Waals surface area contributed by atoms with Crippen LogP contribution < -0.4 is 5.32 Å². The minimum Gasteiger partial charge on any atom is -0.321 e. The molecule has 1 spiro atoms. The normalized spacial score (nSPS) is 17.9. The summed E-state index contributed by atoms with van der Waals surface area (Å²) in [5.74, 6) is -0.152. The van der Waals surface area contributed by atoms with Gasteiger partial charge < -0.3 is 5.32 Å². The summed E-state index contributed by atoms with van der Waals surface area (Å²) in [4.78, 5) is 12.9. The summed E-state index contributed by atoms with van der Waals surface area (Å²) in [5.41, 5.74) is 5.31. The van der Waals surface area contributed by atoms with Crippen molar-refractivity contribution in [3.05, 3.63) is 76.4 Å². The molecule has 1 fully saturated rings.